The third kappa shape index (κ3) is 7.14. The fraction of sp³-hybridized carbons (Fsp3) is 0.270. The highest BCUT2D eigenvalue weighted by Gasteiger charge is 2.23. The van der Waals surface area contributed by atoms with Gasteiger partial charge < -0.3 is 35.4 Å². The second-order valence-electron chi connectivity index (χ2n) is 12.5. The lowest BCUT2D eigenvalue weighted by molar-refractivity contribution is -0.111. The second kappa shape index (κ2) is 14.4. The summed E-state index contributed by atoms with van der Waals surface area (Å²) >= 11 is 0. The zero-order valence-corrected chi connectivity index (χ0v) is 28.2. The Kier molecular flexibility index (Phi) is 9.41. The Morgan fingerprint density at radius 1 is 0.860 bits per heavy atom. The number of rotatable bonds is 9. The van der Waals surface area contributed by atoms with Crippen LogP contribution in [0.5, 0.6) is 0 Å². The largest absolute Gasteiger partial charge is 0.378 e. The summed E-state index contributed by atoms with van der Waals surface area (Å²) in [5.74, 6) is -0.403. The Hall–Kier alpha value is -5.79. The van der Waals surface area contributed by atoms with Gasteiger partial charge in [-0.15, -0.1) is 0 Å². The van der Waals surface area contributed by atoms with Crippen molar-refractivity contribution in [2.75, 3.05) is 85.3 Å². The lowest BCUT2D eigenvalue weighted by atomic mass is 10.1. The van der Waals surface area contributed by atoms with Gasteiger partial charge in [-0.25, -0.2) is 4.98 Å². The third-order valence-corrected chi connectivity index (χ3v) is 9.01. The van der Waals surface area contributed by atoms with Crippen LogP contribution in [-0.4, -0.2) is 96.4 Å². The number of fused-ring (bicyclic) bond motifs is 1. The number of aryl methyl sites for hydroxylation is 1. The Morgan fingerprint density at radius 3 is 2.40 bits per heavy atom. The van der Waals surface area contributed by atoms with Crippen molar-refractivity contribution < 1.29 is 14.3 Å². The van der Waals surface area contributed by atoms with Crippen LogP contribution in [0, 0.1) is 6.92 Å². The number of amides is 2. The molecule has 0 aliphatic carbocycles. The fourth-order valence-electron chi connectivity index (χ4n) is 6.35. The van der Waals surface area contributed by atoms with Crippen LogP contribution in [-0.2, 0) is 9.53 Å². The summed E-state index contributed by atoms with van der Waals surface area (Å²) in [6, 6.07) is 21.3. The van der Waals surface area contributed by atoms with Crippen molar-refractivity contribution in [1.29, 1.82) is 0 Å². The van der Waals surface area contributed by atoms with Gasteiger partial charge in [-0.1, -0.05) is 24.8 Å². The summed E-state index contributed by atoms with van der Waals surface area (Å²) in [5.41, 5.74) is 6.98. The van der Waals surface area contributed by atoms with Gasteiger partial charge in [-0.05, 0) is 74.1 Å². The molecule has 256 valence electrons. The van der Waals surface area contributed by atoms with Gasteiger partial charge in [-0.3, -0.25) is 14.7 Å². The number of aromatic nitrogens is 4. The van der Waals surface area contributed by atoms with Crippen LogP contribution in [0.15, 0.2) is 79.4 Å². The Morgan fingerprint density at radius 2 is 1.62 bits per heavy atom. The molecule has 50 heavy (non-hydrogen) atoms. The molecule has 4 N–H and O–H groups in total. The van der Waals surface area contributed by atoms with E-state index in [0.29, 0.717) is 52.8 Å². The van der Waals surface area contributed by atoms with Gasteiger partial charge >= 0.3 is 0 Å². The molecule has 13 heteroatoms. The van der Waals surface area contributed by atoms with E-state index in [1.165, 1.54) is 6.08 Å². The molecular formula is C37H40N10O3. The van der Waals surface area contributed by atoms with Gasteiger partial charge in [0.2, 0.25) is 11.9 Å². The maximum atomic E-state index is 13.8. The van der Waals surface area contributed by atoms with E-state index < -0.39 is 0 Å². The van der Waals surface area contributed by atoms with Crippen molar-refractivity contribution in [3.63, 3.8) is 0 Å². The topological polar surface area (TPSA) is 144 Å². The molecule has 13 nitrogen and oxygen atoms in total. The van der Waals surface area contributed by atoms with Crippen LogP contribution in [0.1, 0.15) is 16.1 Å². The van der Waals surface area contributed by atoms with E-state index in [9.17, 15) is 9.59 Å². The predicted molar refractivity (Wildman–Crippen MR) is 198 cm³/mol. The zero-order chi connectivity index (χ0) is 34.6. The predicted octanol–water partition coefficient (Wildman–Crippen LogP) is 5.04. The van der Waals surface area contributed by atoms with Crippen molar-refractivity contribution in [1.82, 2.24) is 25.1 Å². The molecule has 0 saturated carbocycles. The standard InChI is InChI=1S/C37H40N10O3/c1-4-31(48)38-26-8-5-7-25(22-26)33-32-34(36(49)39-28-11-12-30(24(2)21-28)47-17-19-50-20-18-47)43-44-35(32)42-37(41-33)40-27-9-6-10-29(23-27)46-15-13-45(3)14-16-46/h4-12,21-23H,1,13-20H2,2-3H3,(H,38,48)(H,39,49)(H2,40,41,42,43,44). The maximum Gasteiger partial charge on any atom is 0.274 e. The van der Waals surface area contributed by atoms with E-state index in [0.717, 1.165) is 61.9 Å². The van der Waals surface area contributed by atoms with Crippen LogP contribution in [0.4, 0.5) is 34.4 Å². The molecule has 2 saturated heterocycles. The first kappa shape index (κ1) is 32.7. The highest BCUT2D eigenvalue weighted by atomic mass is 16.5. The first-order valence-corrected chi connectivity index (χ1v) is 16.7. The average Bonchev–Trinajstić information content (AvgIpc) is 3.56. The molecule has 2 aliphatic heterocycles. The average molecular weight is 673 g/mol. The van der Waals surface area contributed by atoms with Crippen molar-refractivity contribution in [3.8, 4) is 11.3 Å². The number of carbonyl (C=O) groups is 2. The lowest BCUT2D eigenvalue weighted by Crippen LogP contribution is -2.44. The number of ether oxygens (including phenoxy) is 1. The summed E-state index contributed by atoms with van der Waals surface area (Å²) in [5, 5.41) is 17.0. The van der Waals surface area contributed by atoms with E-state index in [1.54, 1.807) is 12.1 Å². The Labute approximate surface area is 290 Å². The van der Waals surface area contributed by atoms with Crippen molar-refractivity contribution in [3.05, 3.63) is 90.6 Å². The summed E-state index contributed by atoms with van der Waals surface area (Å²) in [6.07, 6.45) is 1.21. The van der Waals surface area contributed by atoms with Crippen molar-refractivity contribution in [2.45, 2.75) is 6.92 Å². The number of H-pyrrole nitrogens is 1. The second-order valence-corrected chi connectivity index (χ2v) is 12.5. The van der Waals surface area contributed by atoms with Crippen LogP contribution >= 0.6 is 0 Å². The van der Waals surface area contributed by atoms with Crippen LogP contribution in [0.25, 0.3) is 22.3 Å². The number of likely N-dealkylation sites (N-methyl/N-ethyl adjacent to an activating group) is 1. The molecule has 7 rings (SSSR count). The summed E-state index contributed by atoms with van der Waals surface area (Å²) < 4.78 is 5.50. The number of anilines is 6. The molecule has 2 amide bonds. The highest BCUT2D eigenvalue weighted by Crippen LogP contribution is 2.33. The van der Waals surface area contributed by atoms with Gasteiger partial charge in [0.05, 0.1) is 24.3 Å². The van der Waals surface area contributed by atoms with Gasteiger partial charge in [0.1, 0.15) is 5.69 Å². The number of nitrogens with zero attached hydrogens (tertiary/aromatic N) is 6. The number of carbonyl (C=O) groups excluding carboxylic acids is 2. The molecule has 0 unspecified atom stereocenters. The minimum Gasteiger partial charge on any atom is -0.378 e. The normalized spacial score (nSPS) is 15.2. The van der Waals surface area contributed by atoms with Gasteiger partial charge in [0, 0.05) is 73.3 Å². The molecule has 0 atom stereocenters. The number of piperazine rings is 1. The lowest BCUT2D eigenvalue weighted by Gasteiger charge is -2.34. The molecule has 2 fully saturated rings. The van der Waals surface area contributed by atoms with E-state index in [1.807, 2.05) is 49.4 Å². The van der Waals surface area contributed by atoms with Gasteiger partial charge in [0.15, 0.2) is 5.65 Å². The highest BCUT2D eigenvalue weighted by molar-refractivity contribution is 6.14. The van der Waals surface area contributed by atoms with Crippen LogP contribution in [0.2, 0.25) is 0 Å². The van der Waals surface area contributed by atoms with E-state index >= 15 is 0 Å². The summed E-state index contributed by atoms with van der Waals surface area (Å²) in [7, 11) is 2.14. The molecule has 2 aromatic heterocycles. The van der Waals surface area contributed by atoms with E-state index in [2.05, 4.69) is 66.6 Å². The molecule has 3 aromatic carbocycles. The number of benzene rings is 3. The molecule has 5 aromatic rings. The maximum absolute atomic E-state index is 13.8. The SMILES string of the molecule is C=CC(=O)Nc1cccc(-c2nc(Nc3cccc(N4CCN(C)CC4)c3)nc3n[nH]c(C(=O)Nc4ccc(N5CCOCC5)c(C)c4)c23)c1. The molecule has 4 heterocycles. The number of morpholine rings is 1. The smallest absolute Gasteiger partial charge is 0.274 e. The third-order valence-electron chi connectivity index (χ3n) is 9.01. The quantitative estimate of drug-likeness (QED) is 0.157. The Balaban J connectivity index is 1.22. The van der Waals surface area contributed by atoms with Gasteiger partial charge in [0.25, 0.3) is 5.91 Å². The first-order chi connectivity index (χ1) is 24.3. The van der Waals surface area contributed by atoms with Crippen molar-refractivity contribution >= 4 is 57.2 Å². The van der Waals surface area contributed by atoms with E-state index in [4.69, 9.17) is 14.7 Å². The number of hydrogen-bond donors (Lipinski definition) is 4. The zero-order valence-electron chi connectivity index (χ0n) is 28.2. The Bertz CT molecular complexity index is 2050. The first-order valence-electron chi connectivity index (χ1n) is 16.7. The molecule has 0 bridgehead atoms. The molecule has 2 aliphatic rings. The van der Waals surface area contributed by atoms with Crippen LogP contribution < -0.4 is 25.8 Å². The fourth-order valence-corrected chi connectivity index (χ4v) is 6.35. The summed E-state index contributed by atoms with van der Waals surface area (Å²) in [6.45, 7) is 12.5. The molecule has 0 spiro atoms. The van der Waals surface area contributed by atoms with Crippen molar-refractivity contribution in [2.24, 2.45) is 0 Å². The number of aromatic amines is 1. The molecule has 0 radical (unpaired) electrons. The minimum absolute atomic E-state index is 0.217. The monoisotopic (exact) mass is 672 g/mol. The summed E-state index contributed by atoms with van der Waals surface area (Å²) in [4.78, 5) is 42.6. The van der Waals surface area contributed by atoms with Crippen LogP contribution in [0.3, 0.4) is 0 Å². The number of hydrogen-bond acceptors (Lipinski definition) is 10. The minimum atomic E-state index is -0.382. The van der Waals surface area contributed by atoms with Gasteiger partial charge in [-0.2, -0.15) is 10.1 Å². The number of nitrogens with one attached hydrogen (secondary N) is 4. The van der Waals surface area contributed by atoms with E-state index in [-0.39, 0.29) is 17.5 Å². The molecular weight excluding hydrogens is 632 g/mol.